The lowest BCUT2D eigenvalue weighted by Crippen LogP contribution is -2.28. The van der Waals surface area contributed by atoms with Gasteiger partial charge in [-0.1, -0.05) is 19.1 Å². The third kappa shape index (κ3) is 4.13. The normalized spacial score (nSPS) is 12.3. The number of benzene rings is 1. The topological polar surface area (TPSA) is 76.0 Å². The van der Waals surface area contributed by atoms with Crippen molar-refractivity contribution >= 4 is 39.2 Å². The number of aromatic nitrogens is 2. The van der Waals surface area contributed by atoms with E-state index in [0.29, 0.717) is 20.9 Å². The van der Waals surface area contributed by atoms with E-state index in [1.807, 2.05) is 0 Å². The molecule has 1 atom stereocenters. The van der Waals surface area contributed by atoms with Gasteiger partial charge in [0.1, 0.15) is 5.82 Å². The maximum absolute atomic E-state index is 13.5. The Bertz CT molecular complexity index is 983. The molecule has 0 fully saturated rings. The molecule has 0 saturated carbocycles. The summed E-state index contributed by atoms with van der Waals surface area (Å²) in [5, 5.41) is 5.91. The Morgan fingerprint density at radius 2 is 1.96 bits per heavy atom. The highest BCUT2D eigenvalue weighted by Crippen LogP contribution is 2.27. The van der Waals surface area contributed by atoms with Crippen molar-refractivity contribution < 1.29 is 18.4 Å². The van der Waals surface area contributed by atoms with E-state index in [9.17, 15) is 18.4 Å². The van der Waals surface area contributed by atoms with Crippen molar-refractivity contribution in [3.05, 3.63) is 47.1 Å². The number of nitrogens with zero attached hydrogens (tertiary/aromatic N) is 2. The van der Waals surface area contributed by atoms with Gasteiger partial charge in [0, 0.05) is 19.4 Å². The molecule has 6 nitrogen and oxygen atoms in total. The second kappa shape index (κ2) is 7.83. The predicted molar refractivity (Wildman–Crippen MR) is 100 cm³/mol. The molecule has 0 spiro atoms. The molecule has 0 aliphatic carbocycles. The van der Waals surface area contributed by atoms with Crippen LogP contribution >= 0.6 is 11.3 Å². The van der Waals surface area contributed by atoms with Gasteiger partial charge in [-0.15, -0.1) is 11.3 Å². The maximum Gasteiger partial charge on any atom is 0.320 e. The molecule has 2 N–H and O–H groups in total. The van der Waals surface area contributed by atoms with Crippen LogP contribution in [0.5, 0.6) is 0 Å². The molecule has 1 aromatic carbocycles. The van der Waals surface area contributed by atoms with Crippen LogP contribution < -0.4 is 10.6 Å². The number of alkyl halides is 2. The molecular formula is C18H18F2N4O2S. The number of anilines is 1. The number of fused-ring (bicyclic) bond motifs is 1. The Morgan fingerprint density at radius 3 is 2.67 bits per heavy atom. The summed E-state index contributed by atoms with van der Waals surface area (Å²) in [7, 11) is 0. The summed E-state index contributed by atoms with van der Waals surface area (Å²) < 4.78 is 27.9. The molecule has 2 amide bonds. The van der Waals surface area contributed by atoms with Crippen LogP contribution in [-0.2, 0) is 4.79 Å². The van der Waals surface area contributed by atoms with Gasteiger partial charge in [-0.25, -0.2) is 4.98 Å². The van der Waals surface area contributed by atoms with Gasteiger partial charge in [-0.2, -0.15) is 8.78 Å². The summed E-state index contributed by atoms with van der Waals surface area (Å²) >= 11 is 1.14. The quantitative estimate of drug-likeness (QED) is 0.666. The minimum Gasteiger partial charge on any atom is -0.351 e. The number of halogens is 2. The average Bonchev–Trinajstić information content (AvgIpc) is 3.23. The van der Waals surface area contributed by atoms with E-state index in [2.05, 4.69) is 15.6 Å². The van der Waals surface area contributed by atoms with Gasteiger partial charge in [0.15, 0.2) is 0 Å². The van der Waals surface area contributed by atoms with Gasteiger partial charge in [0.25, 0.3) is 5.91 Å². The molecule has 3 rings (SSSR count). The molecule has 9 heteroatoms. The predicted octanol–water partition coefficient (Wildman–Crippen LogP) is 3.98. The van der Waals surface area contributed by atoms with Gasteiger partial charge in [-0.05, 0) is 24.3 Å². The molecule has 0 aliphatic heterocycles. The molecule has 27 heavy (non-hydrogen) atoms. The van der Waals surface area contributed by atoms with Crippen LogP contribution in [0.15, 0.2) is 36.4 Å². The van der Waals surface area contributed by atoms with Gasteiger partial charge in [-0.3, -0.25) is 14.2 Å². The fraction of sp³-hybridized carbons (Fsp3) is 0.278. The minimum atomic E-state index is -2.72. The first-order valence-electron chi connectivity index (χ1n) is 8.27. The van der Waals surface area contributed by atoms with Crippen LogP contribution in [-0.4, -0.2) is 27.9 Å². The van der Waals surface area contributed by atoms with E-state index >= 15 is 0 Å². The highest BCUT2D eigenvalue weighted by molar-refractivity contribution is 7.18. The van der Waals surface area contributed by atoms with E-state index in [-0.39, 0.29) is 24.2 Å². The highest BCUT2D eigenvalue weighted by Gasteiger charge is 2.22. The van der Waals surface area contributed by atoms with E-state index in [4.69, 9.17) is 0 Å². The van der Waals surface area contributed by atoms with Crippen molar-refractivity contribution in [3.63, 3.8) is 0 Å². The fourth-order valence-corrected chi connectivity index (χ4v) is 3.61. The second-order valence-electron chi connectivity index (χ2n) is 6.06. The molecular weight excluding hydrogens is 374 g/mol. The van der Waals surface area contributed by atoms with Crippen LogP contribution in [0.25, 0.3) is 11.0 Å². The summed E-state index contributed by atoms with van der Waals surface area (Å²) in [5.74, 6) is -0.742. The molecule has 142 valence electrons. The van der Waals surface area contributed by atoms with Crippen LogP contribution in [0, 0.1) is 0 Å². The minimum absolute atomic E-state index is 0.155. The summed E-state index contributed by atoms with van der Waals surface area (Å²) in [5.41, 5.74) is 0.850. The van der Waals surface area contributed by atoms with Crippen molar-refractivity contribution in [3.8, 4) is 0 Å². The van der Waals surface area contributed by atoms with E-state index in [1.54, 1.807) is 43.3 Å². The van der Waals surface area contributed by atoms with Crippen LogP contribution in [0.1, 0.15) is 41.8 Å². The smallest absolute Gasteiger partial charge is 0.320 e. The summed E-state index contributed by atoms with van der Waals surface area (Å²) in [6, 6.07) is 9.94. The Balaban J connectivity index is 1.72. The van der Waals surface area contributed by atoms with Crippen molar-refractivity contribution in [2.75, 3.05) is 11.9 Å². The molecule has 0 unspecified atom stereocenters. The molecule has 0 aliphatic rings. The average molecular weight is 392 g/mol. The monoisotopic (exact) mass is 392 g/mol. The Labute approximate surface area is 158 Å². The number of carbonyl (C=O) groups excluding carboxylic acids is 2. The zero-order chi connectivity index (χ0) is 19.6. The Morgan fingerprint density at radius 1 is 1.22 bits per heavy atom. The van der Waals surface area contributed by atoms with E-state index in [1.165, 1.54) is 6.92 Å². The van der Waals surface area contributed by atoms with Gasteiger partial charge in [0.2, 0.25) is 5.91 Å². The Hall–Kier alpha value is -2.81. The lowest BCUT2D eigenvalue weighted by atomic mass is 10.1. The first-order valence-corrected chi connectivity index (χ1v) is 9.09. The number of thiophene rings is 1. The molecule has 3 aromatic rings. The number of imidazole rings is 1. The second-order valence-corrected chi connectivity index (χ2v) is 7.15. The number of carbonyl (C=O) groups is 2. The van der Waals surface area contributed by atoms with Crippen LogP contribution in [0.2, 0.25) is 0 Å². The zero-order valence-corrected chi connectivity index (χ0v) is 15.5. The van der Waals surface area contributed by atoms with E-state index in [0.717, 1.165) is 15.9 Å². The number of amides is 2. The van der Waals surface area contributed by atoms with Crippen LogP contribution in [0.3, 0.4) is 0 Å². The molecule has 2 heterocycles. The number of hydrogen-bond acceptors (Lipinski definition) is 4. The van der Waals surface area contributed by atoms with Gasteiger partial charge in [0.05, 0.1) is 20.9 Å². The number of nitrogens with one attached hydrogen (secondary N) is 2. The number of rotatable bonds is 6. The van der Waals surface area contributed by atoms with E-state index < -0.39 is 12.5 Å². The standard InChI is InChI=1S/C18H18F2N4O2S/c1-10(9-21-17(26)14-7-8-15(27-14)22-11(2)25)16-23-12-5-3-4-6-13(12)24(16)18(19)20/h3-8,10,18H,9H2,1-2H3,(H,21,26)(H,22,25)/t10-/m1/s1. The third-order valence-corrected chi connectivity index (χ3v) is 4.96. The van der Waals surface area contributed by atoms with Crippen molar-refractivity contribution in [2.24, 2.45) is 0 Å². The van der Waals surface area contributed by atoms with Gasteiger partial charge >= 0.3 is 6.55 Å². The van der Waals surface area contributed by atoms with Gasteiger partial charge < -0.3 is 10.6 Å². The third-order valence-electron chi connectivity index (χ3n) is 3.96. The summed E-state index contributed by atoms with van der Waals surface area (Å²) in [6.45, 7) is 0.554. The first-order chi connectivity index (χ1) is 12.9. The lowest BCUT2D eigenvalue weighted by molar-refractivity contribution is -0.114. The maximum atomic E-state index is 13.5. The lowest BCUT2D eigenvalue weighted by Gasteiger charge is -2.14. The zero-order valence-electron chi connectivity index (χ0n) is 14.7. The van der Waals surface area contributed by atoms with Crippen molar-refractivity contribution in [1.82, 2.24) is 14.9 Å². The first kappa shape index (κ1) is 19.0. The number of para-hydroxylation sites is 2. The Kier molecular flexibility index (Phi) is 5.50. The molecule has 0 radical (unpaired) electrons. The SMILES string of the molecule is CC(=O)Nc1ccc(C(=O)NC[C@@H](C)c2nc3ccccc3n2C(F)F)s1. The largest absolute Gasteiger partial charge is 0.351 e. The van der Waals surface area contributed by atoms with Crippen molar-refractivity contribution in [2.45, 2.75) is 26.3 Å². The summed E-state index contributed by atoms with van der Waals surface area (Å²) in [4.78, 5) is 28.1. The van der Waals surface area contributed by atoms with Crippen molar-refractivity contribution in [1.29, 1.82) is 0 Å². The molecule has 0 bridgehead atoms. The molecule has 2 aromatic heterocycles. The fourth-order valence-electron chi connectivity index (χ4n) is 2.74. The highest BCUT2D eigenvalue weighted by atomic mass is 32.1. The van der Waals surface area contributed by atoms with Crippen LogP contribution in [0.4, 0.5) is 13.8 Å². The number of hydrogen-bond donors (Lipinski definition) is 2. The summed E-state index contributed by atoms with van der Waals surface area (Å²) in [6.07, 6.45) is 0. The molecule has 0 saturated heterocycles.